The van der Waals surface area contributed by atoms with Crippen LogP contribution in [0.2, 0.25) is 0 Å². The first-order chi connectivity index (χ1) is 8.28. The first-order valence-corrected chi connectivity index (χ1v) is 7.38. The van der Waals surface area contributed by atoms with E-state index in [1.807, 2.05) is 0 Å². The summed E-state index contributed by atoms with van der Waals surface area (Å²) >= 11 is 10.6. The van der Waals surface area contributed by atoms with Gasteiger partial charge in [0.2, 0.25) is 0 Å². The highest BCUT2D eigenvalue weighted by atomic mass is 32.1. The highest BCUT2D eigenvalue weighted by molar-refractivity contribution is 7.74. The van der Waals surface area contributed by atoms with Gasteiger partial charge in [-0.15, -0.1) is 0 Å². The summed E-state index contributed by atoms with van der Waals surface area (Å²) in [7, 11) is 2.10. The minimum absolute atomic E-state index is 0.398. The average Bonchev–Trinajstić information content (AvgIpc) is 2.26. The lowest BCUT2D eigenvalue weighted by Gasteiger charge is -2.27. The molecule has 0 aromatic heterocycles. The molecule has 18 heavy (non-hydrogen) atoms. The molecule has 1 aromatic rings. The van der Waals surface area contributed by atoms with Crippen LogP contribution in [0.25, 0.3) is 0 Å². The van der Waals surface area contributed by atoms with Crippen LogP contribution in [-0.2, 0) is 0 Å². The van der Waals surface area contributed by atoms with Gasteiger partial charge in [0.05, 0.1) is 20.4 Å². The van der Waals surface area contributed by atoms with Gasteiger partial charge in [0, 0.05) is 20.1 Å². The number of hydrogen-bond acceptors (Lipinski definition) is 4. The number of rotatable bonds is 6. The van der Waals surface area contributed by atoms with Crippen LogP contribution in [0.5, 0.6) is 0 Å². The summed E-state index contributed by atoms with van der Waals surface area (Å²) in [5.74, 6) is 0. The number of nitrogens with zero attached hydrogens (tertiary/aromatic N) is 1. The molecule has 0 amide bonds. The van der Waals surface area contributed by atoms with Gasteiger partial charge in [0.25, 0.3) is 0 Å². The van der Waals surface area contributed by atoms with Crippen molar-refractivity contribution in [1.82, 2.24) is 0 Å². The third-order valence-corrected chi connectivity index (χ3v) is 3.98. The average molecular weight is 284 g/mol. The normalized spacial score (nSPS) is 11.8. The molecule has 0 atom stereocenters. The Morgan fingerprint density at radius 1 is 1.17 bits per heavy atom. The summed E-state index contributed by atoms with van der Waals surface area (Å²) in [5, 5.41) is 3.31. The molecule has 0 bridgehead atoms. The van der Waals surface area contributed by atoms with Crippen LogP contribution in [0.4, 0.5) is 11.4 Å². The van der Waals surface area contributed by atoms with E-state index in [0.29, 0.717) is 5.41 Å². The lowest BCUT2D eigenvalue weighted by molar-refractivity contribution is 0.367. The summed E-state index contributed by atoms with van der Waals surface area (Å²) in [6.45, 7) is 10.8. The molecule has 2 nitrogen and oxygen atoms in total. The molecule has 0 fully saturated rings. The number of nitrogens with one attached hydrogen (secondary N) is 1. The second kappa shape index (κ2) is 6.11. The highest BCUT2D eigenvalue weighted by Crippen LogP contribution is 2.35. The molecule has 1 N–H and O–H groups in total. The fraction of sp³-hybridized carbons (Fsp3) is 0.714. The van der Waals surface area contributed by atoms with Crippen molar-refractivity contribution in [3.63, 3.8) is 0 Å². The first kappa shape index (κ1) is 15.6. The molecule has 0 radical (unpaired) electrons. The lowest BCUT2D eigenvalue weighted by Crippen LogP contribution is -2.23. The molecule has 0 spiro atoms. The van der Waals surface area contributed by atoms with Gasteiger partial charge < -0.3 is 10.2 Å². The predicted molar refractivity (Wildman–Crippen MR) is 86.6 cm³/mol. The molecule has 102 valence electrons. The zero-order valence-corrected chi connectivity index (χ0v) is 13.7. The van der Waals surface area contributed by atoms with E-state index in [1.165, 1.54) is 12.8 Å². The molecule has 4 heteroatoms. The van der Waals surface area contributed by atoms with Gasteiger partial charge in [-0.1, -0.05) is 45.2 Å². The summed E-state index contributed by atoms with van der Waals surface area (Å²) < 4.78 is 1.67. The van der Waals surface area contributed by atoms with Gasteiger partial charge in [-0.05, 0) is 25.2 Å². The Morgan fingerprint density at radius 3 is 2.28 bits per heavy atom. The van der Waals surface area contributed by atoms with Gasteiger partial charge in [0.1, 0.15) is 0 Å². The van der Waals surface area contributed by atoms with Gasteiger partial charge >= 0.3 is 0 Å². The van der Waals surface area contributed by atoms with Crippen molar-refractivity contribution in [3.05, 3.63) is 9.02 Å². The summed E-state index contributed by atoms with van der Waals surface area (Å²) in [6, 6.07) is 0. The van der Waals surface area contributed by atoms with Gasteiger partial charge in [0.15, 0.2) is 0 Å². The SMILES string of the molecule is CCNc1c(N(C)CCCC(C)(C)C)c(=S)c1=S. The minimum Gasteiger partial charge on any atom is -0.382 e. The van der Waals surface area contributed by atoms with E-state index in [2.05, 4.69) is 45.0 Å². The van der Waals surface area contributed by atoms with Crippen molar-refractivity contribution in [3.8, 4) is 0 Å². The molecule has 0 aliphatic carbocycles. The van der Waals surface area contributed by atoms with Gasteiger partial charge in [-0.25, -0.2) is 0 Å². The Bertz CT molecular complexity index is 465. The molecule has 0 unspecified atom stereocenters. The third kappa shape index (κ3) is 3.75. The molecule has 0 heterocycles. The van der Waals surface area contributed by atoms with E-state index in [9.17, 15) is 0 Å². The summed E-state index contributed by atoms with van der Waals surface area (Å²) in [4.78, 5) is 2.24. The Kier molecular flexibility index (Phi) is 5.29. The van der Waals surface area contributed by atoms with Crippen LogP contribution in [-0.4, -0.2) is 20.1 Å². The second-order valence-corrected chi connectivity index (χ2v) is 6.81. The fourth-order valence-corrected chi connectivity index (χ4v) is 2.67. The fourth-order valence-electron chi connectivity index (χ4n) is 2.04. The molecular weight excluding hydrogens is 260 g/mol. The maximum atomic E-state index is 5.34. The van der Waals surface area contributed by atoms with E-state index in [-0.39, 0.29) is 0 Å². The predicted octanol–water partition coefficient (Wildman–Crippen LogP) is 4.72. The molecule has 0 aliphatic rings. The Labute approximate surface area is 121 Å². The monoisotopic (exact) mass is 284 g/mol. The van der Waals surface area contributed by atoms with Crippen molar-refractivity contribution >= 4 is 35.8 Å². The molecule has 0 saturated carbocycles. The topological polar surface area (TPSA) is 15.3 Å². The van der Waals surface area contributed by atoms with Crippen LogP contribution in [0.1, 0.15) is 40.5 Å². The summed E-state index contributed by atoms with van der Waals surface area (Å²) in [6.07, 6.45) is 2.40. The first-order valence-electron chi connectivity index (χ1n) is 6.56. The zero-order valence-electron chi connectivity index (χ0n) is 12.1. The van der Waals surface area contributed by atoms with E-state index in [0.717, 1.165) is 33.5 Å². The molecule has 0 aliphatic heterocycles. The summed E-state index contributed by atoms with van der Waals surface area (Å²) in [5.41, 5.74) is 2.59. The minimum atomic E-state index is 0.398. The van der Waals surface area contributed by atoms with E-state index in [1.54, 1.807) is 0 Å². The van der Waals surface area contributed by atoms with E-state index < -0.39 is 0 Å². The smallest absolute Gasteiger partial charge is 0.0834 e. The van der Waals surface area contributed by atoms with E-state index >= 15 is 0 Å². The number of hydrogen-bond donors (Lipinski definition) is 1. The zero-order chi connectivity index (χ0) is 13.9. The number of anilines is 2. The molecule has 0 saturated heterocycles. The van der Waals surface area contributed by atoms with Gasteiger partial charge in [-0.2, -0.15) is 0 Å². The third-order valence-electron chi connectivity index (χ3n) is 3.04. The maximum absolute atomic E-state index is 5.34. The molecular formula is C14H24N2S2. The standard InChI is InChI=1S/C14H24N2S2/c1-6-15-10-11(13(18)12(10)17)16(5)9-7-8-14(2,3)4/h15H,6-9H2,1-5H3. The highest BCUT2D eigenvalue weighted by Gasteiger charge is 2.18. The van der Waals surface area contributed by atoms with Crippen molar-refractivity contribution in [2.75, 3.05) is 30.4 Å². The molecule has 1 rings (SSSR count). The van der Waals surface area contributed by atoms with Gasteiger partial charge in [-0.3, -0.25) is 0 Å². The van der Waals surface area contributed by atoms with Crippen molar-refractivity contribution in [2.24, 2.45) is 5.41 Å². The van der Waals surface area contributed by atoms with Crippen molar-refractivity contribution < 1.29 is 0 Å². The Morgan fingerprint density at radius 2 is 1.78 bits per heavy atom. The van der Waals surface area contributed by atoms with E-state index in [4.69, 9.17) is 24.4 Å². The van der Waals surface area contributed by atoms with Crippen LogP contribution in [0.15, 0.2) is 0 Å². The lowest BCUT2D eigenvalue weighted by atomic mass is 9.90. The molecule has 1 aromatic carbocycles. The quantitative estimate of drug-likeness (QED) is 0.760. The van der Waals surface area contributed by atoms with Crippen molar-refractivity contribution in [2.45, 2.75) is 40.5 Å². The van der Waals surface area contributed by atoms with Crippen LogP contribution in [0, 0.1) is 14.4 Å². The largest absolute Gasteiger partial charge is 0.382 e. The van der Waals surface area contributed by atoms with Crippen molar-refractivity contribution in [1.29, 1.82) is 0 Å². The van der Waals surface area contributed by atoms with Crippen LogP contribution >= 0.6 is 24.4 Å². The Hall–Kier alpha value is -0.480. The van der Waals surface area contributed by atoms with Crippen LogP contribution in [0.3, 0.4) is 0 Å². The second-order valence-electron chi connectivity index (χ2n) is 6.00. The Balaban J connectivity index is 2.62. The van der Waals surface area contributed by atoms with Crippen LogP contribution < -0.4 is 10.2 Å². The maximum Gasteiger partial charge on any atom is 0.0834 e.